The van der Waals surface area contributed by atoms with E-state index in [1.54, 1.807) is 0 Å². The number of nitrogens with zero attached hydrogens (tertiary/aromatic N) is 1. The Morgan fingerprint density at radius 1 is 1.60 bits per heavy atom. The van der Waals surface area contributed by atoms with Gasteiger partial charge in [-0.1, -0.05) is 6.07 Å². The van der Waals surface area contributed by atoms with E-state index in [9.17, 15) is 9.59 Å². The van der Waals surface area contributed by atoms with E-state index in [2.05, 4.69) is 5.32 Å². The second-order valence-corrected chi connectivity index (χ2v) is 4.41. The van der Waals surface area contributed by atoms with Gasteiger partial charge < -0.3 is 5.32 Å². The Bertz CT molecular complexity index is 362. The van der Waals surface area contributed by atoms with Crippen LogP contribution >= 0.6 is 11.3 Å². The second-order valence-electron chi connectivity index (χ2n) is 3.46. The van der Waals surface area contributed by atoms with E-state index in [1.165, 1.54) is 11.3 Å². The van der Waals surface area contributed by atoms with Crippen molar-refractivity contribution in [1.29, 1.82) is 0 Å². The zero-order chi connectivity index (χ0) is 10.7. The fraction of sp³-hybridized carbons (Fsp3) is 0.400. The summed E-state index contributed by atoms with van der Waals surface area (Å²) < 4.78 is 0. The molecule has 5 heteroatoms. The van der Waals surface area contributed by atoms with Gasteiger partial charge in [-0.2, -0.15) is 0 Å². The fourth-order valence-electron chi connectivity index (χ4n) is 1.54. The molecule has 15 heavy (non-hydrogen) atoms. The summed E-state index contributed by atoms with van der Waals surface area (Å²) in [6, 6.07) is 3.68. The van der Waals surface area contributed by atoms with Crippen LogP contribution in [0, 0.1) is 0 Å². The number of Topliss-reactive ketones (excluding diaryl/α,β-unsaturated/α-hetero) is 1. The highest BCUT2D eigenvalue weighted by Gasteiger charge is 2.19. The van der Waals surface area contributed by atoms with Crippen LogP contribution in [0.25, 0.3) is 0 Å². The Kier molecular flexibility index (Phi) is 3.13. The second kappa shape index (κ2) is 4.55. The molecule has 2 heterocycles. The first-order valence-electron chi connectivity index (χ1n) is 4.81. The number of nitrogens with one attached hydrogen (secondary N) is 1. The molecule has 0 spiro atoms. The molecule has 0 atom stereocenters. The zero-order valence-electron chi connectivity index (χ0n) is 8.23. The van der Waals surface area contributed by atoms with Crippen molar-refractivity contribution < 1.29 is 9.59 Å². The molecule has 0 saturated carbocycles. The highest BCUT2D eigenvalue weighted by Crippen LogP contribution is 2.10. The lowest BCUT2D eigenvalue weighted by atomic mass is 10.2. The maximum Gasteiger partial charge on any atom is 0.234 e. The number of carbonyl (C=O) groups is 2. The number of piperazine rings is 1. The molecule has 80 valence electrons. The molecule has 1 aliphatic heterocycles. The number of amides is 1. The van der Waals surface area contributed by atoms with Crippen LogP contribution < -0.4 is 5.32 Å². The fourth-order valence-corrected chi connectivity index (χ4v) is 2.20. The molecule has 0 aliphatic carbocycles. The summed E-state index contributed by atoms with van der Waals surface area (Å²) in [4.78, 5) is 25.4. The summed E-state index contributed by atoms with van der Waals surface area (Å²) in [5, 5.41) is 4.62. The molecule has 1 amide bonds. The lowest BCUT2D eigenvalue weighted by Gasteiger charge is -2.25. The van der Waals surface area contributed by atoms with Gasteiger partial charge in [0, 0.05) is 13.1 Å². The highest BCUT2D eigenvalue weighted by molar-refractivity contribution is 7.12. The van der Waals surface area contributed by atoms with Gasteiger partial charge in [-0.15, -0.1) is 11.3 Å². The van der Waals surface area contributed by atoms with Gasteiger partial charge in [-0.25, -0.2) is 0 Å². The predicted octanol–water partition coefficient (Wildman–Crippen LogP) is 0.363. The van der Waals surface area contributed by atoms with Gasteiger partial charge in [-0.3, -0.25) is 14.5 Å². The normalized spacial score (nSPS) is 17.5. The number of hydrogen-bond donors (Lipinski definition) is 1. The molecule has 0 bridgehead atoms. The van der Waals surface area contributed by atoms with E-state index in [0.717, 1.165) is 11.4 Å². The minimum atomic E-state index is 0.000213. The monoisotopic (exact) mass is 224 g/mol. The minimum absolute atomic E-state index is 0.000213. The smallest absolute Gasteiger partial charge is 0.234 e. The van der Waals surface area contributed by atoms with Crippen molar-refractivity contribution in [3.8, 4) is 0 Å². The average Bonchev–Trinajstić information content (AvgIpc) is 2.70. The molecule has 0 aromatic carbocycles. The van der Waals surface area contributed by atoms with Crippen molar-refractivity contribution in [3.63, 3.8) is 0 Å². The van der Waals surface area contributed by atoms with Crippen molar-refractivity contribution >= 4 is 23.0 Å². The Morgan fingerprint density at radius 2 is 2.47 bits per heavy atom. The molecular formula is C10H12N2O2S. The van der Waals surface area contributed by atoms with Crippen LogP contribution in [-0.2, 0) is 4.79 Å². The van der Waals surface area contributed by atoms with Gasteiger partial charge in [0.25, 0.3) is 0 Å². The SMILES string of the molecule is O=C1CN(CC(=O)c2cccs2)CCN1. The van der Waals surface area contributed by atoms with Crippen LogP contribution in [0.2, 0.25) is 0 Å². The van der Waals surface area contributed by atoms with Crippen LogP contribution in [-0.4, -0.2) is 42.8 Å². The molecule has 1 aromatic rings. The van der Waals surface area contributed by atoms with Crippen molar-refractivity contribution in [1.82, 2.24) is 10.2 Å². The van der Waals surface area contributed by atoms with Crippen molar-refractivity contribution in [3.05, 3.63) is 22.4 Å². The van der Waals surface area contributed by atoms with E-state index in [4.69, 9.17) is 0 Å². The lowest BCUT2D eigenvalue weighted by Crippen LogP contribution is -2.49. The molecule has 4 nitrogen and oxygen atoms in total. The molecule has 1 saturated heterocycles. The van der Waals surface area contributed by atoms with Crippen LogP contribution in [0.5, 0.6) is 0 Å². The zero-order valence-corrected chi connectivity index (χ0v) is 9.05. The minimum Gasteiger partial charge on any atom is -0.354 e. The molecule has 1 N–H and O–H groups in total. The van der Waals surface area contributed by atoms with Gasteiger partial charge in [0.15, 0.2) is 5.78 Å². The number of rotatable bonds is 3. The molecule has 1 fully saturated rings. The number of ketones is 1. The maximum atomic E-state index is 11.7. The number of carbonyl (C=O) groups excluding carboxylic acids is 2. The Balaban J connectivity index is 1.91. The summed E-state index contributed by atoms with van der Waals surface area (Å²) in [6.07, 6.45) is 0. The topological polar surface area (TPSA) is 49.4 Å². The van der Waals surface area contributed by atoms with E-state index in [-0.39, 0.29) is 11.7 Å². The first-order chi connectivity index (χ1) is 7.25. The highest BCUT2D eigenvalue weighted by atomic mass is 32.1. The molecular weight excluding hydrogens is 212 g/mol. The maximum absolute atomic E-state index is 11.7. The van der Waals surface area contributed by atoms with Gasteiger partial charge >= 0.3 is 0 Å². The Hall–Kier alpha value is -1.20. The average molecular weight is 224 g/mol. The summed E-state index contributed by atoms with van der Waals surface area (Å²) in [5.74, 6) is 0.0972. The van der Waals surface area contributed by atoms with Crippen LogP contribution in [0.3, 0.4) is 0 Å². The quantitative estimate of drug-likeness (QED) is 0.754. The standard InChI is InChI=1S/C10H12N2O2S/c13-8(9-2-1-5-15-9)6-12-4-3-11-10(14)7-12/h1-2,5H,3-4,6-7H2,(H,11,14). The van der Waals surface area contributed by atoms with Gasteiger partial charge in [0.05, 0.1) is 18.0 Å². The number of hydrogen-bond acceptors (Lipinski definition) is 4. The summed E-state index contributed by atoms with van der Waals surface area (Å²) in [7, 11) is 0. The molecule has 1 aliphatic rings. The van der Waals surface area contributed by atoms with Crippen molar-refractivity contribution in [2.75, 3.05) is 26.2 Å². The van der Waals surface area contributed by atoms with E-state index >= 15 is 0 Å². The largest absolute Gasteiger partial charge is 0.354 e. The third-order valence-electron chi connectivity index (χ3n) is 2.28. The van der Waals surface area contributed by atoms with Gasteiger partial charge in [0.1, 0.15) is 0 Å². The third-order valence-corrected chi connectivity index (χ3v) is 3.19. The summed E-state index contributed by atoms with van der Waals surface area (Å²) in [5.41, 5.74) is 0. The molecule has 2 rings (SSSR count). The third kappa shape index (κ3) is 2.64. The van der Waals surface area contributed by atoms with Gasteiger partial charge in [-0.05, 0) is 11.4 Å². The van der Waals surface area contributed by atoms with Crippen molar-refractivity contribution in [2.24, 2.45) is 0 Å². The summed E-state index contributed by atoms with van der Waals surface area (Å²) in [6.45, 7) is 2.06. The lowest BCUT2D eigenvalue weighted by molar-refractivity contribution is -0.123. The van der Waals surface area contributed by atoms with E-state index in [0.29, 0.717) is 19.6 Å². The van der Waals surface area contributed by atoms with Crippen molar-refractivity contribution in [2.45, 2.75) is 0 Å². The molecule has 0 radical (unpaired) electrons. The van der Waals surface area contributed by atoms with E-state index < -0.39 is 0 Å². The first-order valence-corrected chi connectivity index (χ1v) is 5.69. The first kappa shape index (κ1) is 10.3. The van der Waals surface area contributed by atoms with Gasteiger partial charge in [0.2, 0.25) is 5.91 Å². The Morgan fingerprint density at radius 3 is 3.13 bits per heavy atom. The number of thiophene rings is 1. The molecule has 0 unspecified atom stereocenters. The molecule has 1 aromatic heterocycles. The van der Waals surface area contributed by atoms with Crippen LogP contribution in [0.4, 0.5) is 0 Å². The van der Waals surface area contributed by atoms with E-state index in [1.807, 2.05) is 22.4 Å². The predicted molar refractivity (Wildman–Crippen MR) is 58.1 cm³/mol. The summed E-state index contributed by atoms with van der Waals surface area (Å²) >= 11 is 1.44. The van der Waals surface area contributed by atoms with Crippen LogP contribution in [0.1, 0.15) is 9.67 Å². The van der Waals surface area contributed by atoms with Crippen LogP contribution in [0.15, 0.2) is 17.5 Å². The Labute approximate surface area is 91.9 Å².